The van der Waals surface area contributed by atoms with E-state index in [1.807, 2.05) is 11.6 Å². The number of aryl methyl sites for hydroxylation is 1. The smallest absolute Gasteiger partial charge is 0.382 e. The van der Waals surface area contributed by atoms with Gasteiger partial charge in [-0.1, -0.05) is 0 Å². The zero-order chi connectivity index (χ0) is 27.9. The summed E-state index contributed by atoms with van der Waals surface area (Å²) in [5, 5.41) is 9.12. The Morgan fingerprint density at radius 2 is 1.82 bits per heavy atom. The van der Waals surface area contributed by atoms with Gasteiger partial charge in [-0.25, -0.2) is 23.8 Å². The van der Waals surface area contributed by atoms with Crippen molar-refractivity contribution in [2.24, 2.45) is 5.92 Å². The quantitative estimate of drug-likeness (QED) is 0.271. The summed E-state index contributed by atoms with van der Waals surface area (Å²) in [7, 11) is 0. The maximum Gasteiger partial charge on any atom is 0.382 e. The SMILES string of the molecule is CCOC(=O)C(F)(F)c1c(C)nn(-c2cc(Cc3c(C)c(-c4ccc(F)cc4)nn3CC3CC3)ncn2)c1C. The summed E-state index contributed by atoms with van der Waals surface area (Å²) in [5.74, 6) is -4.90. The van der Waals surface area contributed by atoms with E-state index >= 15 is 0 Å². The van der Waals surface area contributed by atoms with E-state index in [1.54, 1.807) is 18.2 Å². The van der Waals surface area contributed by atoms with Crippen molar-refractivity contribution in [2.45, 2.75) is 59.4 Å². The second-order valence-electron chi connectivity index (χ2n) is 9.85. The Balaban J connectivity index is 1.49. The first-order chi connectivity index (χ1) is 18.6. The van der Waals surface area contributed by atoms with E-state index in [4.69, 9.17) is 5.10 Å². The van der Waals surface area contributed by atoms with Crippen LogP contribution in [0.15, 0.2) is 36.7 Å². The van der Waals surface area contributed by atoms with Gasteiger partial charge in [0.15, 0.2) is 5.82 Å². The first kappa shape index (κ1) is 26.6. The van der Waals surface area contributed by atoms with Crippen molar-refractivity contribution in [1.29, 1.82) is 0 Å². The highest BCUT2D eigenvalue weighted by atomic mass is 19.3. The normalized spacial score (nSPS) is 13.6. The fourth-order valence-corrected chi connectivity index (χ4v) is 4.80. The van der Waals surface area contributed by atoms with Crippen LogP contribution in [0.5, 0.6) is 0 Å². The van der Waals surface area contributed by atoms with Gasteiger partial charge in [-0.05, 0) is 76.3 Å². The lowest BCUT2D eigenvalue weighted by Gasteiger charge is -2.15. The number of hydrogen-bond acceptors (Lipinski definition) is 6. The molecule has 0 radical (unpaired) electrons. The van der Waals surface area contributed by atoms with Gasteiger partial charge in [0.25, 0.3) is 0 Å². The van der Waals surface area contributed by atoms with Gasteiger partial charge in [0, 0.05) is 30.3 Å². The highest BCUT2D eigenvalue weighted by Gasteiger charge is 2.47. The van der Waals surface area contributed by atoms with Gasteiger partial charge in [-0.15, -0.1) is 0 Å². The summed E-state index contributed by atoms with van der Waals surface area (Å²) in [6.07, 6.45) is 4.09. The molecule has 0 atom stereocenters. The summed E-state index contributed by atoms with van der Waals surface area (Å²) < 4.78 is 51.2. The molecule has 4 aromatic rings. The van der Waals surface area contributed by atoms with Crippen molar-refractivity contribution in [3.63, 3.8) is 0 Å². The third-order valence-electron chi connectivity index (χ3n) is 6.98. The van der Waals surface area contributed by atoms with Crippen molar-refractivity contribution in [3.05, 3.63) is 76.4 Å². The average Bonchev–Trinajstić information content (AvgIpc) is 3.60. The van der Waals surface area contributed by atoms with Crippen LogP contribution in [-0.2, 0) is 28.4 Å². The summed E-state index contributed by atoms with van der Waals surface area (Å²) in [5.41, 5.74) is 3.78. The number of nitrogens with zero attached hydrogens (tertiary/aromatic N) is 6. The summed E-state index contributed by atoms with van der Waals surface area (Å²) >= 11 is 0. The fraction of sp³-hybridized carbons (Fsp3) is 0.393. The molecule has 39 heavy (non-hydrogen) atoms. The topological polar surface area (TPSA) is 87.7 Å². The molecule has 0 unspecified atom stereocenters. The van der Waals surface area contributed by atoms with Crippen LogP contribution in [0.25, 0.3) is 17.1 Å². The minimum Gasteiger partial charge on any atom is -0.461 e. The molecule has 204 valence electrons. The van der Waals surface area contributed by atoms with Gasteiger partial charge in [-0.2, -0.15) is 19.0 Å². The molecule has 1 aliphatic rings. The molecule has 0 aliphatic heterocycles. The number of benzene rings is 1. The number of esters is 1. The van der Waals surface area contributed by atoms with Crippen molar-refractivity contribution >= 4 is 5.97 Å². The Labute approximate surface area is 223 Å². The van der Waals surface area contributed by atoms with E-state index in [2.05, 4.69) is 19.8 Å². The predicted octanol–water partition coefficient (Wildman–Crippen LogP) is 5.25. The third kappa shape index (κ3) is 5.17. The zero-order valence-corrected chi connectivity index (χ0v) is 22.2. The van der Waals surface area contributed by atoms with Crippen molar-refractivity contribution < 1.29 is 22.7 Å². The molecule has 0 bridgehead atoms. The lowest BCUT2D eigenvalue weighted by atomic mass is 10.0. The molecule has 8 nitrogen and oxygen atoms in total. The maximum atomic E-state index is 14.9. The van der Waals surface area contributed by atoms with Gasteiger partial charge >= 0.3 is 11.9 Å². The number of aromatic nitrogens is 6. The molecule has 0 amide bonds. The van der Waals surface area contributed by atoms with Crippen LogP contribution in [0.1, 0.15) is 53.7 Å². The molecule has 5 rings (SSSR count). The molecule has 1 fully saturated rings. The Kier molecular flexibility index (Phi) is 7.00. The largest absolute Gasteiger partial charge is 0.461 e. The molecule has 0 spiro atoms. The molecular weight excluding hydrogens is 509 g/mol. The Hall–Kier alpha value is -4.02. The second-order valence-corrected chi connectivity index (χ2v) is 9.85. The molecule has 0 N–H and O–H groups in total. The minimum atomic E-state index is -3.85. The van der Waals surface area contributed by atoms with E-state index in [0.717, 1.165) is 41.9 Å². The number of carbonyl (C=O) groups excluding carboxylic acids is 1. The molecule has 0 saturated heterocycles. The summed E-state index contributed by atoms with van der Waals surface area (Å²) in [6, 6.07) is 7.95. The Bertz CT molecular complexity index is 1520. The fourth-order valence-electron chi connectivity index (χ4n) is 4.80. The van der Waals surface area contributed by atoms with Crippen LogP contribution in [0, 0.1) is 32.5 Å². The number of rotatable bonds is 9. The number of hydrogen-bond donors (Lipinski definition) is 0. The van der Waals surface area contributed by atoms with Crippen LogP contribution in [0.3, 0.4) is 0 Å². The first-order valence-electron chi connectivity index (χ1n) is 12.8. The van der Waals surface area contributed by atoms with E-state index in [1.165, 1.54) is 43.9 Å². The van der Waals surface area contributed by atoms with Gasteiger partial charge in [0.05, 0.1) is 34.9 Å². The van der Waals surface area contributed by atoms with Gasteiger partial charge in [0.2, 0.25) is 0 Å². The van der Waals surface area contributed by atoms with Crippen molar-refractivity contribution in [2.75, 3.05) is 6.61 Å². The van der Waals surface area contributed by atoms with Crippen LogP contribution < -0.4 is 0 Å². The molecular formula is C28H29F3N6O2. The number of halogens is 3. The average molecular weight is 539 g/mol. The van der Waals surface area contributed by atoms with Gasteiger partial charge in [0.1, 0.15) is 12.1 Å². The predicted molar refractivity (Wildman–Crippen MR) is 137 cm³/mol. The van der Waals surface area contributed by atoms with Crippen LogP contribution in [0.4, 0.5) is 13.2 Å². The maximum absolute atomic E-state index is 14.9. The lowest BCUT2D eigenvalue weighted by molar-refractivity contribution is -0.173. The molecule has 1 aliphatic carbocycles. The van der Waals surface area contributed by atoms with Crippen molar-refractivity contribution in [1.82, 2.24) is 29.5 Å². The molecule has 11 heteroatoms. The highest BCUT2D eigenvalue weighted by molar-refractivity contribution is 5.80. The first-order valence-corrected chi connectivity index (χ1v) is 12.8. The summed E-state index contributed by atoms with van der Waals surface area (Å²) in [6.45, 7) is 6.96. The Morgan fingerprint density at radius 3 is 2.49 bits per heavy atom. The van der Waals surface area contributed by atoms with Gasteiger partial charge in [-0.3, -0.25) is 4.68 Å². The number of alkyl halides is 2. The summed E-state index contributed by atoms with van der Waals surface area (Å²) in [4.78, 5) is 20.7. The zero-order valence-electron chi connectivity index (χ0n) is 22.2. The van der Waals surface area contributed by atoms with E-state index in [0.29, 0.717) is 23.9 Å². The van der Waals surface area contributed by atoms with Crippen LogP contribution in [-0.4, -0.2) is 42.1 Å². The monoisotopic (exact) mass is 538 g/mol. The molecule has 3 aromatic heterocycles. The van der Waals surface area contributed by atoms with Crippen LogP contribution >= 0.6 is 0 Å². The van der Waals surface area contributed by atoms with E-state index in [-0.39, 0.29) is 23.8 Å². The molecule has 3 heterocycles. The lowest BCUT2D eigenvalue weighted by Crippen LogP contribution is -2.29. The molecule has 1 aromatic carbocycles. The molecule has 1 saturated carbocycles. The second kappa shape index (κ2) is 10.3. The minimum absolute atomic E-state index is 0.00742. The van der Waals surface area contributed by atoms with Crippen molar-refractivity contribution in [3.8, 4) is 17.1 Å². The standard InChI is InChI=1S/C28H29F3N6O2/c1-5-39-27(38)28(30,31)25-17(3)34-37(18(25)4)24-13-22(32-15-33-24)12-23-16(2)26(20-8-10-21(29)11-9-20)35-36(23)14-19-6-7-19/h8-11,13,15,19H,5-7,12,14H2,1-4H3. The number of carbonyl (C=O) groups is 1. The van der Waals surface area contributed by atoms with E-state index in [9.17, 15) is 18.0 Å². The van der Waals surface area contributed by atoms with Crippen LogP contribution in [0.2, 0.25) is 0 Å². The number of ether oxygens (including phenoxy) is 1. The highest BCUT2D eigenvalue weighted by Crippen LogP contribution is 2.36. The van der Waals surface area contributed by atoms with E-state index < -0.39 is 17.5 Å². The Morgan fingerprint density at radius 1 is 1.10 bits per heavy atom. The third-order valence-corrected chi connectivity index (χ3v) is 6.98. The van der Waals surface area contributed by atoms with Gasteiger partial charge < -0.3 is 4.74 Å².